The minimum absolute atomic E-state index is 0.00597. The summed E-state index contributed by atoms with van der Waals surface area (Å²) < 4.78 is 0. The number of nitrogens with zero attached hydrogens (tertiary/aromatic N) is 2. The van der Waals surface area contributed by atoms with Crippen LogP contribution in [0.3, 0.4) is 0 Å². The van der Waals surface area contributed by atoms with Crippen molar-refractivity contribution in [3.8, 4) is 0 Å². The van der Waals surface area contributed by atoms with Gasteiger partial charge in [-0.2, -0.15) is 0 Å². The summed E-state index contributed by atoms with van der Waals surface area (Å²) in [5.41, 5.74) is -0.774. The van der Waals surface area contributed by atoms with Crippen molar-refractivity contribution in [2.75, 3.05) is 13.1 Å². The number of piperidine rings is 1. The van der Waals surface area contributed by atoms with Crippen LogP contribution in [0, 0.1) is 16.2 Å². The molecule has 1 N–H and O–H groups in total. The van der Waals surface area contributed by atoms with Gasteiger partial charge in [-0.3, -0.25) is 9.80 Å². The number of hydrogen-bond donors (Lipinski definition) is 1. The predicted octanol–water partition coefficient (Wildman–Crippen LogP) is 1.49. The average Bonchev–Trinajstić information content (AvgIpc) is 2.17. The fourth-order valence-corrected chi connectivity index (χ4v) is 1.80. The van der Waals surface area contributed by atoms with Crippen molar-refractivity contribution < 1.29 is 9.90 Å². The second-order valence-electron chi connectivity index (χ2n) is 4.36. The second-order valence-corrected chi connectivity index (χ2v) is 4.36. The molecular weight excluding hydrogens is 184 g/mol. The fraction of sp³-hybridized carbons (Fsp3) is 0.889. The molecule has 0 amide bonds. The predicted molar refractivity (Wildman–Crippen MR) is 51.5 cm³/mol. The largest absolute Gasteiger partial charge is 0.481 e. The molecular formula is C9H16N2O3. The molecule has 1 atom stereocenters. The molecule has 14 heavy (non-hydrogen) atoms. The third-order valence-electron chi connectivity index (χ3n) is 3.09. The third kappa shape index (κ3) is 2.02. The summed E-state index contributed by atoms with van der Waals surface area (Å²) >= 11 is 0. The van der Waals surface area contributed by atoms with Crippen LogP contribution < -0.4 is 0 Å². The summed E-state index contributed by atoms with van der Waals surface area (Å²) in [6.45, 7) is 4.51. The van der Waals surface area contributed by atoms with Crippen LogP contribution in [0.25, 0.3) is 0 Å². The number of carboxylic acids is 1. The first-order valence-electron chi connectivity index (χ1n) is 4.80. The Kier molecular flexibility index (Phi) is 3.08. The number of carbonyl (C=O) groups is 1. The summed E-state index contributed by atoms with van der Waals surface area (Å²) in [5, 5.41) is 13.3. The van der Waals surface area contributed by atoms with E-state index in [4.69, 9.17) is 5.11 Å². The van der Waals surface area contributed by atoms with Gasteiger partial charge in [-0.05, 0) is 32.6 Å². The zero-order chi connectivity index (χ0) is 10.8. The minimum Gasteiger partial charge on any atom is -0.481 e. The van der Waals surface area contributed by atoms with Crippen molar-refractivity contribution in [1.82, 2.24) is 5.01 Å². The highest BCUT2D eigenvalue weighted by Crippen LogP contribution is 2.34. The Labute approximate surface area is 83.0 Å². The van der Waals surface area contributed by atoms with E-state index in [9.17, 15) is 9.70 Å². The molecule has 1 aliphatic heterocycles. The van der Waals surface area contributed by atoms with Crippen LogP contribution in [0.5, 0.6) is 0 Å². The summed E-state index contributed by atoms with van der Waals surface area (Å²) in [6, 6.07) is 0. The highest BCUT2D eigenvalue weighted by molar-refractivity contribution is 5.74. The van der Waals surface area contributed by atoms with Gasteiger partial charge >= 0.3 is 5.97 Å². The number of rotatable bonds is 3. The van der Waals surface area contributed by atoms with E-state index in [1.807, 2.05) is 0 Å². The van der Waals surface area contributed by atoms with Crippen molar-refractivity contribution >= 4 is 5.97 Å². The number of carboxylic acid groups (broad SMARTS) is 1. The van der Waals surface area contributed by atoms with Gasteiger partial charge in [0.25, 0.3) is 0 Å². The van der Waals surface area contributed by atoms with Crippen molar-refractivity contribution in [3.05, 3.63) is 4.91 Å². The molecule has 5 nitrogen and oxygen atoms in total. The molecule has 0 aromatic heterocycles. The number of nitroso groups, excluding NO2 is 1. The SMILES string of the molecule is CC(C)(C(=O)O)C1CCCN(N=O)C1. The van der Waals surface area contributed by atoms with Crippen LogP contribution in [0.1, 0.15) is 26.7 Å². The summed E-state index contributed by atoms with van der Waals surface area (Å²) in [5.74, 6) is -0.804. The quantitative estimate of drug-likeness (QED) is 0.701. The lowest BCUT2D eigenvalue weighted by Gasteiger charge is -2.36. The number of aliphatic carboxylic acids is 1. The van der Waals surface area contributed by atoms with Gasteiger partial charge < -0.3 is 5.11 Å². The Hall–Kier alpha value is -1.13. The van der Waals surface area contributed by atoms with Gasteiger partial charge in [0.1, 0.15) is 0 Å². The van der Waals surface area contributed by atoms with E-state index in [1.54, 1.807) is 13.8 Å². The molecule has 0 aromatic rings. The van der Waals surface area contributed by atoms with Gasteiger partial charge in [0.05, 0.1) is 10.7 Å². The Morgan fingerprint density at radius 3 is 2.71 bits per heavy atom. The van der Waals surface area contributed by atoms with Crippen LogP contribution in [0.2, 0.25) is 0 Å². The topological polar surface area (TPSA) is 70.0 Å². The normalized spacial score (nSPS) is 23.3. The van der Waals surface area contributed by atoms with Crippen LogP contribution in [-0.4, -0.2) is 29.2 Å². The zero-order valence-electron chi connectivity index (χ0n) is 8.56. The molecule has 0 aliphatic carbocycles. The van der Waals surface area contributed by atoms with E-state index in [0.29, 0.717) is 13.1 Å². The molecule has 0 spiro atoms. The zero-order valence-corrected chi connectivity index (χ0v) is 8.56. The van der Waals surface area contributed by atoms with Crippen molar-refractivity contribution in [2.24, 2.45) is 16.6 Å². The lowest BCUT2D eigenvalue weighted by molar-refractivity contribution is -0.151. The first kappa shape index (κ1) is 10.9. The summed E-state index contributed by atoms with van der Waals surface area (Å²) in [7, 11) is 0. The molecule has 0 radical (unpaired) electrons. The Morgan fingerprint density at radius 2 is 2.21 bits per heavy atom. The van der Waals surface area contributed by atoms with Gasteiger partial charge in [0, 0.05) is 13.1 Å². The van der Waals surface area contributed by atoms with Gasteiger partial charge in [-0.15, -0.1) is 4.91 Å². The molecule has 5 heteroatoms. The van der Waals surface area contributed by atoms with Gasteiger partial charge in [-0.1, -0.05) is 0 Å². The Balaban J connectivity index is 2.68. The average molecular weight is 200 g/mol. The molecule has 1 heterocycles. The first-order chi connectivity index (χ1) is 6.48. The van der Waals surface area contributed by atoms with Crippen LogP contribution >= 0.6 is 0 Å². The smallest absolute Gasteiger partial charge is 0.309 e. The molecule has 1 saturated heterocycles. The molecule has 0 bridgehead atoms. The lowest BCUT2D eigenvalue weighted by Crippen LogP contribution is -2.42. The fourth-order valence-electron chi connectivity index (χ4n) is 1.80. The highest BCUT2D eigenvalue weighted by atomic mass is 16.4. The van der Waals surface area contributed by atoms with Gasteiger partial charge in [0.2, 0.25) is 0 Å². The van der Waals surface area contributed by atoms with Crippen molar-refractivity contribution in [2.45, 2.75) is 26.7 Å². The van der Waals surface area contributed by atoms with E-state index in [1.165, 1.54) is 5.01 Å². The van der Waals surface area contributed by atoms with Crippen LogP contribution in [0.4, 0.5) is 0 Å². The maximum atomic E-state index is 11.0. The molecule has 1 unspecified atom stereocenters. The Bertz CT molecular complexity index is 240. The van der Waals surface area contributed by atoms with E-state index in [-0.39, 0.29) is 5.92 Å². The maximum Gasteiger partial charge on any atom is 0.309 e. The van der Waals surface area contributed by atoms with Gasteiger partial charge in [-0.25, -0.2) is 0 Å². The molecule has 0 saturated carbocycles. The lowest BCUT2D eigenvalue weighted by atomic mass is 9.75. The Morgan fingerprint density at radius 1 is 1.57 bits per heavy atom. The van der Waals surface area contributed by atoms with Crippen molar-refractivity contribution in [3.63, 3.8) is 0 Å². The van der Waals surface area contributed by atoms with E-state index >= 15 is 0 Å². The summed E-state index contributed by atoms with van der Waals surface area (Å²) in [4.78, 5) is 21.3. The third-order valence-corrected chi connectivity index (χ3v) is 3.09. The molecule has 80 valence electrons. The van der Waals surface area contributed by atoms with Crippen molar-refractivity contribution in [1.29, 1.82) is 0 Å². The maximum absolute atomic E-state index is 11.0. The summed E-state index contributed by atoms with van der Waals surface area (Å²) in [6.07, 6.45) is 1.69. The number of hydrogen-bond acceptors (Lipinski definition) is 3. The van der Waals surface area contributed by atoms with E-state index < -0.39 is 11.4 Å². The first-order valence-corrected chi connectivity index (χ1v) is 4.80. The minimum atomic E-state index is -0.810. The standard InChI is InChI=1S/C9H16N2O3/c1-9(2,8(12)13)7-4-3-5-11(6-7)10-14/h7H,3-6H2,1-2H3,(H,12,13). The van der Waals surface area contributed by atoms with E-state index in [2.05, 4.69) is 5.29 Å². The molecule has 1 fully saturated rings. The van der Waals surface area contributed by atoms with Gasteiger partial charge in [0.15, 0.2) is 0 Å². The highest BCUT2D eigenvalue weighted by Gasteiger charge is 2.39. The van der Waals surface area contributed by atoms with Crippen LogP contribution in [-0.2, 0) is 4.79 Å². The monoisotopic (exact) mass is 200 g/mol. The van der Waals surface area contributed by atoms with E-state index in [0.717, 1.165) is 12.8 Å². The molecule has 1 aliphatic rings. The second kappa shape index (κ2) is 3.94. The van der Waals surface area contributed by atoms with Crippen LogP contribution in [0.15, 0.2) is 5.29 Å². The molecule has 1 rings (SSSR count). The molecule has 0 aromatic carbocycles.